The summed E-state index contributed by atoms with van der Waals surface area (Å²) >= 11 is 1.65. The quantitative estimate of drug-likeness (QED) is 0.790. The van der Waals surface area contributed by atoms with E-state index in [0.29, 0.717) is 18.2 Å². The zero-order valence-corrected chi connectivity index (χ0v) is 8.85. The van der Waals surface area contributed by atoms with E-state index in [2.05, 4.69) is 9.97 Å². The first kappa shape index (κ1) is 10.2. The van der Waals surface area contributed by atoms with Crippen molar-refractivity contribution in [3.63, 3.8) is 0 Å². The van der Waals surface area contributed by atoms with E-state index in [0.717, 1.165) is 5.75 Å². The molecule has 0 bridgehead atoms. The van der Waals surface area contributed by atoms with Crippen molar-refractivity contribution in [3.8, 4) is 0 Å². The van der Waals surface area contributed by atoms with Crippen LogP contribution in [0.15, 0.2) is 18.5 Å². The van der Waals surface area contributed by atoms with Crippen molar-refractivity contribution in [2.45, 2.75) is 6.04 Å². The van der Waals surface area contributed by atoms with E-state index in [9.17, 15) is 4.79 Å². The zero-order chi connectivity index (χ0) is 10.7. The predicted molar refractivity (Wildman–Crippen MR) is 58.1 cm³/mol. The Kier molecular flexibility index (Phi) is 3.05. The second kappa shape index (κ2) is 4.48. The van der Waals surface area contributed by atoms with Crippen LogP contribution in [-0.4, -0.2) is 45.1 Å². The summed E-state index contributed by atoms with van der Waals surface area (Å²) in [5.74, 6) is 1.20. The van der Waals surface area contributed by atoms with Gasteiger partial charge in [-0.3, -0.25) is 0 Å². The van der Waals surface area contributed by atoms with E-state index in [4.69, 9.17) is 5.11 Å². The lowest BCUT2D eigenvalue weighted by Crippen LogP contribution is -2.48. The fraction of sp³-hybridized carbons (Fsp3) is 0.444. The number of carboxylic acid groups (broad SMARTS) is 1. The Morgan fingerprint density at radius 3 is 2.93 bits per heavy atom. The van der Waals surface area contributed by atoms with Crippen molar-refractivity contribution in [1.29, 1.82) is 0 Å². The number of rotatable bonds is 2. The molecule has 1 saturated heterocycles. The third kappa shape index (κ3) is 2.20. The third-order valence-electron chi connectivity index (χ3n) is 2.22. The van der Waals surface area contributed by atoms with Gasteiger partial charge in [0.2, 0.25) is 5.95 Å². The molecule has 1 aliphatic rings. The van der Waals surface area contributed by atoms with Crippen LogP contribution >= 0.6 is 11.8 Å². The van der Waals surface area contributed by atoms with Crippen LogP contribution in [0.5, 0.6) is 0 Å². The smallest absolute Gasteiger partial charge is 0.327 e. The largest absolute Gasteiger partial charge is 0.480 e. The summed E-state index contributed by atoms with van der Waals surface area (Å²) in [6.45, 7) is 0.686. The van der Waals surface area contributed by atoms with Gasteiger partial charge < -0.3 is 10.0 Å². The van der Waals surface area contributed by atoms with Crippen molar-refractivity contribution < 1.29 is 9.90 Å². The van der Waals surface area contributed by atoms with Gasteiger partial charge in [-0.15, -0.1) is 0 Å². The van der Waals surface area contributed by atoms with E-state index in [1.165, 1.54) is 0 Å². The van der Waals surface area contributed by atoms with E-state index >= 15 is 0 Å². The summed E-state index contributed by atoms with van der Waals surface area (Å²) in [7, 11) is 0. The Labute approximate surface area is 91.5 Å². The molecule has 1 unspecified atom stereocenters. The van der Waals surface area contributed by atoms with Crippen LogP contribution in [0, 0.1) is 0 Å². The number of aromatic nitrogens is 2. The lowest BCUT2D eigenvalue weighted by molar-refractivity contribution is -0.138. The summed E-state index contributed by atoms with van der Waals surface area (Å²) in [4.78, 5) is 20.9. The van der Waals surface area contributed by atoms with Crippen molar-refractivity contribution in [2.24, 2.45) is 0 Å². The lowest BCUT2D eigenvalue weighted by atomic mass is 10.3. The highest BCUT2D eigenvalue weighted by molar-refractivity contribution is 7.99. The summed E-state index contributed by atoms with van der Waals surface area (Å²) < 4.78 is 0. The van der Waals surface area contributed by atoms with Crippen LogP contribution < -0.4 is 4.90 Å². The highest BCUT2D eigenvalue weighted by Crippen LogP contribution is 2.20. The molecule has 1 N–H and O–H groups in total. The van der Waals surface area contributed by atoms with Gasteiger partial charge in [-0.1, -0.05) is 0 Å². The molecule has 0 saturated carbocycles. The SMILES string of the molecule is O=C(O)C1CSCCN1c1ncccn1. The number of hydrogen-bond donors (Lipinski definition) is 1. The predicted octanol–water partition coefficient (Wildman–Crippen LogP) is 0.483. The topological polar surface area (TPSA) is 66.3 Å². The lowest BCUT2D eigenvalue weighted by Gasteiger charge is -2.32. The average molecular weight is 225 g/mol. The maximum atomic E-state index is 11.0. The van der Waals surface area contributed by atoms with Gasteiger partial charge in [0.05, 0.1) is 0 Å². The molecule has 1 fully saturated rings. The van der Waals surface area contributed by atoms with Gasteiger partial charge in [0.1, 0.15) is 6.04 Å². The van der Waals surface area contributed by atoms with Crippen LogP contribution in [-0.2, 0) is 4.79 Å². The number of carboxylic acids is 1. The Balaban J connectivity index is 2.22. The number of hydrogen-bond acceptors (Lipinski definition) is 5. The zero-order valence-electron chi connectivity index (χ0n) is 8.04. The van der Waals surface area contributed by atoms with Gasteiger partial charge in [0.15, 0.2) is 0 Å². The molecule has 1 aliphatic heterocycles. The highest BCUT2D eigenvalue weighted by atomic mass is 32.2. The fourth-order valence-electron chi connectivity index (χ4n) is 1.49. The minimum atomic E-state index is -0.811. The van der Waals surface area contributed by atoms with Crippen molar-refractivity contribution in [2.75, 3.05) is 23.0 Å². The summed E-state index contributed by atoms with van der Waals surface area (Å²) in [6.07, 6.45) is 3.26. The number of nitrogens with zero attached hydrogens (tertiary/aromatic N) is 3. The molecule has 2 rings (SSSR count). The van der Waals surface area contributed by atoms with Crippen molar-refractivity contribution in [3.05, 3.63) is 18.5 Å². The summed E-state index contributed by atoms with van der Waals surface area (Å²) in [5, 5.41) is 9.06. The monoisotopic (exact) mass is 225 g/mol. The van der Waals surface area contributed by atoms with Crippen molar-refractivity contribution >= 4 is 23.7 Å². The van der Waals surface area contributed by atoms with Gasteiger partial charge in [0.25, 0.3) is 0 Å². The summed E-state index contributed by atoms with van der Waals surface area (Å²) in [5.41, 5.74) is 0. The molecule has 5 nitrogen and oxygen atoms in total. The number of anilines is 1. The number of thioether (sulfide) groups is 1. The number of aliphatic carboxylic acids is 1. The van der Waals surface area contributed by atoms with Crippen molar-refractivity contribution in [1.82, 2.24) is 9.97 Å². The molecule has 1 atom stereocenters. The van der Waals surface area contributed by atoms with Crippen LogP contribution in [0.3, 0.4) is 0 Å². The van der Waals surface area contributed by atoms with E-state index in [-0.39, 0.29) is 0 Å². The molecule has 2 heterocycles. The van der Waals surface area contributed by atoms with E-state index in [1.54, 1.807) is 35.1 Å². The molecule has 15 heavy (non-hydrogen) atoms. The van der Waals surface area contributed by atoms with Gasteiger partial charge in [-0.05, 0) is 6.07 Å². The molecular weight excluding hydrogens is 214 g/mol. The highest BCUT2D eigenvalue weighted by Gasteiger charge is 2.30. The first-order chi connectivity index (χ1) is 7.29. The summed E-state index contributed by atoms with van der Waals surface area (Å²) in [6, 6.07) is 1.21. The molecule has 80 valence electrons. The van der Waals surface area contributed by atoms with Crippen LogP contribution in [0.4, 0.5) is 5.95 Å². The Bertz CT molecular complexity index is 346. The van der Waals surface area contributed by atoms with Crippen LogP contribution in [0.1, 0.15) is 0 Å². The van der Waals surface area contributed by atoms with E-state index in [1.807, 2.05) is 0 Å². The minimum absolute atomic E-state index is 0.505. The average Bonchev–Trinajstić information content (AvgIpc) is 2.30. The molecule has 1 aromatic heterocycles. The molecule has 0 aromatic carbocycles. The normalized spacial score (nSPS) is 21.3. The molecule has 0 amide bonds. The first-order valence-corrected chi connectivity index (χ1v) is 5.79. The third-order valence-corrected chi connectivity index (χ3v) is 3.25. The molecule has 6 heteroatoms. The van der Waals surface area contributed by atoms with Gasteiger partial charge >= 0.3 is 5.97 Å². The number of carbonyl (C=O) groups is 1. The van der Waals surface area contributed by atoms with Crippen LogP contribution in [0.2, 0.25) is 0 Å². The van der Waals surface area contributed by atoms with Gasteiger partial charge in [-0.25, -0.2) is 14.8 Å². The maximum absolute atomic E-state index is 11.0. The van der Waals surface area contributed by atoms with E-state index < -0.39 is 12.0 Å². The molecule has 1 aromatic rings. The fourth-order valence-corrected chi connectivity index (χ4v) is 2.53. The molecule has 0 spiro atoms. The van der Waals surface area contributed by atoms with Gasteiger partial charge in [0, 0.05) is 30.4 Å². The Morgan fingerprint density at radius 2 is 2.27 bits per heavy atom. The Morgan fingerprint density at radius 1 is 1.53 bits per heavy atom. The standard InChI is InChI=1S/C9H11N3O2S/c13-8(14)7-6-15-5-4-12(7)9-10-2-1-3-11-9/h1-3,7H,4-6H2,(H,13,14). The second-order valence-electron chi connectivity index (χ2n) is 3.17. The minimum Gasteiger partial charge on any atom is -0.480 e. The van der Waals surface area contributed by atoms with Crippen LogP contribution in [0.25, 0.3) is 0 Å². The Hall–Kier alpha value is -1.30. The molecule has 0 radical (unpaired) electrons. The van der Waals surface area contributed by atoms with Gasteiger partial charge in [-0.2, -0.15) is 11.8 Å². The first-order valence-electron chi connectivity index (χ1n) is 4.63. The molecule has 0 aliphatic carbocycles. The maximum Gasteiger partial charge on any atom is 0.327 e. The molecular formula is C9H11N3O2S. The second-order valence-corrected chi connectivity index (χ2v) is 4.32.